The first-order valence-corrected chi connectivity index (χ1v) is 5.50. The van der Waals surface area contributed by atoms with Crippen molar-refractivity contribution in [1.29, 1.82) is 0 Å². The van der Waals surface area contributed by atoms with Gasteiger partial charge in [0.25, 0.3) is 5.91 Å². The zero-order chi connectivity index (χ0) is 13.0. The van der Waals surface area contributed by atoms with Crippen molar-refractivity contribution in [3.8, 4) is 0 Å². The molecule has 94 valence electrons. The number of aromatic nitrogens is 3. The van der Waals surface area contributed by atoms with Crippen LogP contribution in [0.3, 0.4) is 0 Å². The van der Waals surface area contributed by atoms with Crippen molar-refractivity contribution >= 4 is 17.6 Å². The predicted molar refractivity (Wildman–Crippen MR) is 65.4 cm³/mol. The molecule has 7 heteroatoms. The van der Waals surface area contributed by atoms with E-state index >= 15 is 0 Å². The predicted octanol–water partition coefficient (Wildman–Crippen LogP) is 1.46. The first-order valence-electron chi connectivity index (χ1n) is 5.50. The second-order valence-corrected chi connectivity index (χ2v) is 3.53. The molecule has 0 aliphatic rings. The lowest BCUT2D eigenvalue weighted by atomic mass is 10.2. The Morgan fingerprint density at radius 1 is 1.44 bits per heavy atom. The molecule has 0 atom stereocenters. The fourth-order valence-electron chi connectivity index (χ4n) is 1.43. The summed E-state index contributed by atoms with van der Waals surface area (Å²) < 4.78 is 5.08. The first kappa shape index (κ1) is 12.0. The molecule has 0 saturated carbocycles. The van der Waals surface area contributed by atoms with Crippen LogP contribution >= 0.6 is 0 Å². The quantitative estimate of drug-likeness (QED) is 0.849. The SMILES string of the molecule is CCNc1ccncc1C(=O)Nc1nnc(C)o1. The number of amides is 1. The molecule has 0 aliphatic heterocycles. The number of nitrogens with one attached hydrogen (secondary N) is 2. The van der Waals surface area contributed by atoms with E-state index in [0.29, 0.717) is 23.7 Å². The van der Waals surface area contributed by atoms with Crippen LogP contribution in [0.1, 0.15) is 23.2 Å². The number of hydrogen-bond donors (Lipinski definition) is 2. The van der Waals surface area contributed by atoms with Crippen LogP contribution in [0.5, 0.6) is 0 Å². The van der Waals surface area contributed by atoms with Gasteiger partial charge in [0.1, 0.15) is 0 Å². The van der Waals surface area contributed by atoms with Gasteiger partial charge in [0.15, 0.2) is 0 Å². The highest BCUT2D eigenvalue weighted by atomic mass is 16.4. The molecule has 0 saturated heterocycles. The van der Waals surface area contributed by atoms with Gasteiger partial charge in [0, 0.05) is 25.9 Å². The number of anilines is 2. The van der Waals surface area contributed by atoms with Crippen LogP contribution in [-0.2, 0) is 0 Å². The van der Waals surface area contributed by atoms with E-state index in [4.69, 9.17) is 4.42 Å². The van der Waals surface area contributed by atoms with Crippen molar-refractivity contribution in [1.82, 2.24) is 15.2 Å². The third kappa shape index (κ3) is 2.62. The molecule has 2 aromatic rings. The van der Waals surface area contributed by atoms with E-state index in [1.807, 2.05) is 6.92 Å². The summed E-state index contributed by atoms with van der Waals surface area (Å²) in [7, 11) is 0. The third-order valence-corrected chi connectivity index (χ3v) is 2.18. The highest BCUT2D eigenvalue weighted by molar-refractivity contribution is 6.06. The largest absolute Gasteiger partial charge is 0.408 e. The fraction of sp³-hybridized carbons (Fsp3) is 0.273. The summed E-state index contributed by atoms with van der Waals surface area (Å²) in [5.74, 6) is 0.0473. The van der Waals surface area contributed by atoms with Crippen LogP contribution in [0.15, 0.2) is 22.9 Å². The smallest absolute Gasteiger partial charge is 0.322 e. The van der Waals surface area contributed by atoms with Crippen molar-refractivity contribution in [2.45, 2.75) is 13.8 Å². The van der Waals surface area contributed by atoms with Gasteiger partial charge in [0.05, 0.1) is 11.3 Å². The molecule has 2 N–H and O–H groups in total. The molecular weight excluding hydrogens is 234 g/mol. The lowest BCUT2D eigenvalue weighted by Gasteiger charge is -2.08. The van der Waals surface area contributed by atoms with Crippen LogP contribution in [0, 0.1) is 6.92 Å². The Kier molecular flexibility index (Phi) is 3.52. The summed E-state index contributed by atoms with van der Waals surface area (Å²) in [6, 6.07) is 1.81. The minimum Gasteiger partial charge on any atom is -0.408 e. The zero-order valence-corrected chi connectivity index (χ0v) is 10.1. The van der Waals surface area contributed by atoms with E-state index < -0.39 is 0 Å². The van der Waals surface area contributed by atoms with Gasteiger partial charge in [-0.15, -0.1) is 5.10 Å². The molecule has 7 nitrogen and oxygen atoms in total. The molecule has 0 radical (unpaired) electrons. The van der Waals surface area contributed by atoms with Crippen LogP contribution in [0.2, 0.25) is 0 Å². The summed E-state index contributed by atoms with van der Waals surface area (Å²) >= 11 is 0. The number of carbonyl (C=O) groups is 1. The van der Waals surface area contributed by atoms with Crippen LogP contribution < -0.4 is 10.6 Å². The van der Waals surface area contributed by atoms with E-state index in [0.717, 1.165) is 0 Å². The Bertz CT molecular complexity index is 552. The van der Waals surface area contributed by atoms with Crippen molar-refractivity contribution in [2.75, 3.05) is 17.2 Å². The molecular formula is C11H13N5O2. The molecule has 2 heterocycles. The highest BCUT2D eigenvalue weighted by Gasteiger charge is 2.14. The summed E-state index contributed by atoms with van der Waals surface area (Å²) in [6.45, 7) is 4.31. The first-order chi connectivity index (χ1) is 8.70. The maximum absolute atomic E-state index is 12.0. The minimum atomic E-state index is -0.345. The van der Waals surface area contributed by atoms with Crippen LogP contribution in [-0.4, -0.2) is 27.6 Å². The maximum atomic E-state index is 12.0. The number of rotatable bonds is 4. The second-order valence-electron chi connectivity index (χ2n) is 3.53. The molecule has 2 aromatic heterocycles. The Hall–Kier alpha value is -2.44. The van der Waals surface area contributed by atoms with Gasteiger partial charge in [0.2, 0.25) is 5.89 Å². The summed E-state index contributed by atoms with van der Waals surface area (Å²) in [5, 5.41) is 12.9. The van der Waals surface area contributed by atoms with E-state index in [-0.39, 0.29) is 11.9 Å². The van der Waals surface area contributed by atoms with E-state index in [1.54, 1.807) is 19.2 Å². The van der Waals surface area contributed by atoms with Gasteiger partial charge in [-0.05, 0) is 13.0 Å². The van der Waals surface area contributed by atoms with Crippen molar-refractivity contribution in [3.63, 3.8) is 0 Å². The molecule has 0 aliphatic carbocycles. The van der Waals surface area contributed by atoms with Crippen molar-refractivity contribution < 1.29 is 9.21 Å². The Labute approximate surface area is 104 Å². The number of pyridine rings is 1. The van der Waals surface area contributed by atoms with Gasteiger partial charge in [-0.3, -0.25) is 15.1 Å². The summed E-state index contributed by atoms with van der Waals surface area (Å²) in [4.78, 5) is 15.9. The van der Waals surface area contributed by atoms with Crippen molar-refractivity contribution in [3.05, 3.63) is 29.9 Å². The standard InChI is InChI=1S/C11H13N5O2/c1-3-13-9-4-5-12-6-8(9)10(17)14-11-16-15-7(2)18-11/h4-6H,3H2,1-2H3,(H,12,13)(H,14,16,17). The molecule has 18 heavy (non-hydrogen) atoms. The average molecular weight is 247 g/mol. The van der Waals surface area contributed by atoms with Gasteiger partial charge < -0.3 is 9.73 Å². The highest BCUT2D eigenvalue weighted by Crippen LogP contribution is 2.15. The molecule has 0 unspecified atom stereocenters. The normalized spacial score (nSPS) is 10.1. The number of carbonyl (C=O) groups excluding carboxylic acids is 1. The maximum Gasteiger partial charge on any atom is 0.322 e. The van der Waals surface area contributed by atoms with Crippen LogP contribution in [0.25, 0.3) is 0 Å². The van der Waals surface area contributed by atoms with Gasteiger partial charge in [-0.25, -0.2) is 0 Å². The number of nitrogens with zero attached hydrogens (tertiary/aromatic N) is 3. The second kappa shape index (κ2) is 5.26. The molecule has 2 rings (SSSR count). The molecule has 0 bridgehead atoms. The molecule has 1 amide bonds. The Morgan fingerprint density at radius 3 is 2.94 bits per heavy atom. The van der Waals surface area contributed by atoms with Crippen LogP contribution in [0.4, 0.5) is 11.7 Å². The van der Waals surface area contributed by atoms with Crippen molar-refractivity contribution in [2.24, 2.45) is 0 Å². The average Bonchev–Trinajstić information content (AvgIpc) is 2.76. The summed E-state index contributed by atoms with van der Waals surface area (Å²) in [5.41, 5.74) is 1.14. The summed E-state index contributed by atoms with van der Waals surface area (Å²) in [6.07, 6.45) is 3.10. The van der Waals surface area contributed by atoms with E-state index in [9.17, 15) is 4.79 Å². The molecule has 0 spiro atoms. The van der Waals surface area contributed by atoms with E-state index in [1.165, 1.54) is 6.20 Å². The molecule has 0 fully saturated rings. The number of aryl methyl sites for hydroxylation is 1. The third-order valence-electron chi connectivity index (χ3n) is 2.18. The zero-order valence-electron chi connectivity index (χ0n) is 10.1. The lowest BCUT2D eigenvalue weighted by molar-refractivity contribution is 0.102. The Balaban J connectivity index is 2.18. The van der Waals surface area contributed by atoms with Gasteiger partial charge in [-0.1, -0.05) is 5.10 Å². The van der Waals surface area contributed by atoms with E-state index in [2.05, 4.69) is 25.8 Å². The Morgan fingerprint density at radius 2 is 2.28 bits per heavy atom. The minimum absolute atomic E-state index is 0.0730. The number of hydrogen-bond acceptors (Lipinski definition) is 6. The fourth-order valence-corrected chi connectivity index (χ4v) is 1.43. The monoisotopic (exact) mass is 247 g/mol. The van der Waals surface area contributed by atoms with Gasteiger partial charge >= 0.3 is 6.01 Å². The lowest BCUT2D eigenvalue weighted by Crippen LogP contribution is -2.15. The topological polar surface area (TPSA) is 92.9 Å². The van der Waals surface area contributed by atoms with Gasteiger partial charge in [-0.2, -0.15) is 0 Å². The molecule has 0 aromatic carbocycles.